The lowest BCUT2D eigenvalue weighted by molar-refractivity contribution is -0.128. The highest BCUT2D eigenvalue weighted by Gasteiger charge is 2.26. The van der Waals surface area contributed by atoms with Crippen LogP contribution in [0.1, 0.15) is 516 Å². The summed E-state index contributed by atoms with van der Waals surface area (Å²) in [5, 5.41) is 0. The number of carbonyl (C=O) groups excluding carboxylic acids is 1. The molecule has 1 nitrogen and oxygen atoms in total. The highest BCUT2D eigenvalue weighted by Crippen LogP contribution is 2.30. The van der Waals surface area contributed by atoms with Gasteiger partial charge in [-0.3, -0.25) is 4.79 Å². The summed E-state index contributed by atoms with van der Waals surface area (Å²) >= 11 is 0. The van der Waals surface area contributed by atoms with E-state index in [1.807, 2.05) is 0 Å². The second kappa shape index (κ2) is 76.9. The van der Waals surface area contributed by atoms with Gasteiger partial charge >= 0.3 is 0 Å². The first-order chi connectivity index (χ1) is 41.7. The van der Waals surface area contributed by atoms with Crippen molar-refractivity contribution in [3.8, 4) is 0 Å². The number of hydrogen-bond donors (Lipinski definition) is 0. The van der Waals surface area contributed by atoms with Gasteiger partial charge in [0.25, 0.3) is 0 Å². The Balaban J connectivity index is 5.01. The summed E-state index contributed by atoms with van der Waals surface area (Å²) in [6, 6.07) is 0. The summed E-state index contributed by atoms with van der Waals surface area (Å²) < 4.78 is 0. The minimum Gasteiger partial charge on any atom is -0.299 e. The maximum atomic E-state index is 14.9. The molecule has 0 aliphatic rings. The van der Waals surface area contributed by atoms with Crippen LogP contribution < -0.4 is 0 Å². The molecule has 0 unspecified atom stereocenters. The molecule has 0 fully saturated rings. The minimum atomic E-state index is 0.336. The molecule has 0 N–H and O–H groups in total. The largest absolute Gasteiger partial charge is 0.299 e. The Morgan fingerprint density at radius 3 is 0.321 bits per heavy atom. The molecule has 0 spiro atoms. The van der Waals surface area contributed by atoms with Crippen LogP contribution in [-0.4, -0.2) is 5.78 Å². The molecule has 504 valence electrons. The van der Waals surface area contributed by atoms with Crippen LogP contribution in [0.2, 0.25) is 0 Å². The van der Waals surface area contributed by atoms with E-state index >= 15 is 0 Å². The highest BCUT2D eigenvalue weighted by molar-refractivity contribution is 5.83. The average Bonchev–Trinajstić information content (AvgIpc) is 3.54. The van der Waals surface area contributed by atoms with Crippen molar-refractivity contribution in [1.82, 2.24) is 0 Å². The fourth-order valence-corrected chi connectivity index (χ4v) is 14.4. The minimum absolute atomic E-state index is 0.336. The molecule has 0 rings (SSSR count). The number of Topliss-reactive ketones (excluding diaryl/α,β-unsaturated/α-hetero) is 1. The van der Waals surface area contributed by atoms with Crippen LogP contribution in [0.4, 0.5) is 0 Å². The number of hydrogen-bond acceptors (Lipinski definition) is 1. The monoisotopic (exact) mass is 1180 g/mol. The fraction of sp³-hybridized carbons (Fsp3) is 0.988. The van der Waals surface area contributed by atoms with Gasteiger partial charge in [-0.25, -0.2) is 0 Å². The second-order valence-corrected chi connectivity index (χ2v) is 29.0. The zero-order valence-corrected chi connectivity index (χ0v) is 59.8. The molecule has 0 heterocycles. The molecule has 0 aromatic heterocycles. The van der Waals surface area contributed by atoms with E-state index in [1.54, 1.807) is 0 Å². The summed E-state index contributed by atoms with van der Waals surface area (Å²) in [6.45, 7) is 9.29. The molecule has 0 aromatic carbocycles. The first-order valence-electron chi connectivity index (χ1n) is 41.2. The van der Waals surface area contributed by atoms with E-state index in [2.05, 4.69) is 27.7 Å². The molecule has 0 bridgehead atoms. The smallest absolute Gasteiger partial charge is 0.139 e. The summed E-state index contributed by atoms with van der Waals surface area (Å²) in [4.78, 5) is 14.9. The highest BCUT2D eigenvalue weighted by atomic mass is 16.1. The maximum Gasteiger partial charge on any atom is 0.139 e. The zero-order chi connectivity index (χ0) is 60.5. The molecule has 0 amide bonds. The van der Waals surface area contributed by atoms with Gasteiger partial charge in [0.2, 0.25) is 0 Å². The molecule has 0 saturated heterocycles. The number of ketones is 1. The summed E-state index contributed by atoms with van der Waals surface area (Å²) in [5.41, 5.74) is 0. The Morgan fingerprint density at radius 2 is 0.226 bits per heavy atom. The number of rotatable bonds is 78. The first kappa shape index (κ1) is 83.7. The average molecular weight is 1180 g/mol. The van der Waals surface area contributed by atoms with Gasteiger partial charge in [0.15, 0.2) is 0 Å². The molecule has 1 heteroatoms. The third-order valence-corrected chi connectivity index (χ3v) is 20.4. The van der Waals surface area contributed by atoms with Crippen molar-refractivity contribution >= 4 is 5.78 Å². The van der Waals surface area contributed by atoms with Crippen LogP contribution in [0.25, 0.3) is 0 Å². The third-order valence-electron chi connectivity index (χ3n) is 20.4. The van der Waals surface area contributed by atoms with Crippen LogP contribution >= 0.6 is 0 Å². The Morgan fingerprint density at radius 1 is 0.143 bits per heavy atom. The van der Waals surface area contributed by atoms with E-state index < -0.39 is 0 Å². The van der Waals surface area contributed by atoms with Crippen molar-refractivity contribution in [3.63, 3.8) is 0 Å². The van der Waals surface area contributed by atoms with Crippen molar-refractivity contribution in [2.24, 2.45) is 11.8 Å². The molecule has 0 saturated carbocycles. The standard InChI is InChI=1S/C83H166O/c1-5-9-13-17-21-25-29-33-37-41-45-49-53-57-61-65-69-73-77-81(78-74-70-66-62-58-54-50-46-42-38-34-30-26-22-18-14-10-6-2)83(84)82(79-75-71-67-63-59-55-51-47-43-39-35-31-27-23-19-15-11-7-3)80-76-72-68-64-60-56-52-48-44-40-36-32-28-24-20-16-12-8-4/h81-82H,5-80H2,1-4H3. The van der Waals surface area contributed by atoms with Gasteiger partial charge in [0, 0.05) is 11.8 Å². The molecule has 0 aliphatic heterocycles. The number of carbonyl (C=O) groups is 1. The van der Waals surface area contributed by atoms with Crippen LogP contribution in [0.3, 0.4) is 0 Å². The van der Waals surface area contributed by atoms with Crippen LogP contribution in [0, 0.1) is 11.8 Å². The van der Waals surface area contributed by atoms with Gasteiger partial charge in [0.1, 0.15) is 5.78 Å². The fourth-order valence-electron chi connectivity index (χ4n) is 14.4. The third kappa shape index (κ3) is 69.1. The topological polar surface area (TPSA) is 17.1 Å². The summed E-state index contributed by atoms with van der Waals surface area (Å²) in [7, 11) is 0. The second-order valence-electron chi connectivity index (χ2n) is 29.0. The van der Waals surface area contributed by atoms with Gasteiger partial charge in [-0.15, -0.1) is 0 Å². The lowest BCUT2D eigenvalue weighted by Gasteiger charge is -2.23. The normalized spacial score (nSPS) is 11.9. The summed E-state index contributed by atoms with van der Waals surface area (Å²) in [6.07, 6.45) is 108. The summed E-state index contributed by atoms with van der Waals surface area (Å²) in [5.74, 6) is 1.40. The molecule has 84 heavy (non-hydrogen) atoms. The first-order valence-corrected chi connectivity index (χ1v) is 41.2. The molecule has 0 radical (unpaired) electrons. The van der Waals surface area contributed by atoms with Gasteiger partial charge in [-0.1, -0.05) is 490 Å². The zero-order valence-electron chi connectivity index (χ0n) is 59.8. The van der Waals surface area contributed by atoms with Crippen molar-refractivity contribution in [1.29, 1.82) is 0 Å². The van der Waals surface area contributed by atoms with E-state index in [-0.39, 0.29) is 0 Å². The van der Waals surface area contributed by atoms with Crippen molar-refractivity contribution in [3.05, 3.63) is 0 Å². The molecule has 0 atom stereocenters. The van der Waals surface area contributed by atoms with Crippen LogP contribution in [0.5, 0.6) is 0 Å². The number of unbranched alkanes of at least 4 members (excludes halogenated alkanes) is 68. The lowest BCUT2D eigenvalue weighted by atomic mass is 9.80. The molecule has 0 aromatic rings. The van der Waals surface area contributed by atoms with Gasteiger partial charge in [0.05, 0.1) is 0 Å². The predicted octanol–water partition coefficient (Wildman–Crippen LogP) is 31.5. The maximum absolute atomic E-state index is 14.9. The van der Waals surface area contributed by atoms with Crippen molar-refractivity contribution in [2.75, 3.05) is 0 Å². The Kier molecular flexibility index (Phi) is 76.6. The lowest BCUT2D eigenvalue weighted by Crippen LogP contribution is -2.24. The van der Waals surface area contributed by atoms with Gasteiger partial charge in [-0.05, 0) is 25.7 Å². The van der Waals surface area contributed by atoms with Gasteiger partial charge < -0.3 is 0 Å². The van der Waals surface area contributed by atoms with E-state index in [1.165, 1.54) is 488 Å². The molecular formula is C83H166O. The SMILES string of the molecule is CCCCCCCCCCCCCCCCCCCCC(CCCCCCCCCCCCCCCCCCCC)C(=O)C(CCCCCCCCCCCCCCCCCCCC)CCCCCCCCCCCCCCCCCCCC. The Labute approximate surface area is 535 Å². The van der Waals surface area contributed by atoms with E-state index in [0.29, 0.717) is 11.8 Å². The molecule has 0 aliphatic carbocycles. The Bertz CT molecular complexity index is 975. The predicted molar refractivity (Wildman–Crippen MR) is 386 cm³/mol. The van der Waals surface area contributed by atoms with Crippen molar-refractivity contribution in [2.45, 2.75) is 516 Å². The van der Waals surface area contributed by atoms with E-state index in [4.69, 9.17) is 0 Å². The van der Waals surface area contributed by atoms with Crippen LogP contribution in [-0.2, 0) is 4.79 Å². The molecular weight excluding hydrogens is 1010 g/mol. The van der Waals surface area contributed by atoms with E-state index in [9.17, 15) is 4.79 Å². The van der Waals surface area contributed by atoms with Gasteiger partial charge in [-0.2, -0.15) is 0 Å². The van der Waals surface area contributed by atoms with Crippen molar-refractivity contribution < 1.29 is 4.79 Å². The quantitative estimate of drug-likeness (QED) is 0.0555. The van der Waals surface area contributed by atoms with E-state index in [0.717, 1.165) is 5.78 Å². The van der Waals surface area contributed by atoms with Crippen LogP contribution in [0.15, 0.2) is 0 Å². The Hall–Kier alpha value is -0.330.